The molecule has 0 saturated carbocycles. The summed E-state index contributed by atoms with van der Waals surface area (Å²) in [5.41, 5.74) is 8.69. The number of anilines is 1. The smallest absolute Gasteiger partial charge is 0.236 e. The van der Waals surface area contributed by atoms with Crippen molar-refractivity contribution in [2.75, 3.05) is 50.7 Å². The molecule has 0 aromatic carbocycles. The van der Waals surface area contributed by atoms with Crippen molar-refractivity contribution in [3.05, 3.63) is 41.3 Å². The second kappa shape index (κ2) is 10.1. The van der Waals surface area contributed by atoms with Gasteiger partial charge < -0.3 is 14.8 Å². The molecule has 0 spiro atoms. The summed E-state index contributed by atoms with van der Waals surface area (Å²) >= 11 is 0. The van der Waals surface area contributed by atoms with Crippen LogP contribution in [0.2, 0.25) is 0 Å². The molecule has 1 saturated heterocycles. The number of likely N-dealkylation sites (N-methyl/N-ethyl adjacent to an activating group) is 1. The molecule has 1 aliphatic rings. The first-order chi connectivity index (χ1) is 17.8. The van der Waals surface area contributed by atoms with Crippen LogP contribution in [0.5, 0.6) is 0 Å². The number of nitrogens with zero attached hydrogens (tertiary/aromatic N) is 7. The van der Waals surface area contributed by atoms with Crippen molar-refractivity contribution < 1.29 is 4.79 Å². The number of amides is 1. The molecule has 1 N–H and O–H groups in total. The number of nitrogens with one attached hydrogen (secondary N) is 1. The number of H-pyrrole nitrogens is 1. The van der Waals surface area contributed by atoms with Gasteiger partial charge in [0.15, 0.2) is 5.65 Å². The molecule has 1 amide bonds. The van der Waals surface area contributed by atoms with E-state index in [1.807, 2.05) is 9.42 Å². The molecule has 1 aliphatic heterocycles. The zero-order valence-electron chi connectivity index (χ0n) is 22.9. The topological polar surface area (TPSA) is 85.7 Å². The Morgan fingerprint density at radius 3 is 2.49 bits per heavy atom. The number of piperazine rings is 1. The first kappa shape index (κ1) is 25.2. The van der Waals surface area contributed by atoms with Crippen LogP contribution in [0.15, 0.2) is 24.7 Å². The van der Waals surface area contributed by atoms with Crippen molar-refractivity contribution in [1.29, 1.82) is 0 Å². The van der Waals surface area contributed by atoms with Gasteiger partial charge in [-0.1, -0.05) is 27.7 Å². The number of aryl methyl sites for hydroxylation is 1. The average molecular weight is 503 g/mol. The fourth-order valence-corrected chi connectivity index (χ4v) is 5.40. The van der Waals surface area contributed by atoms with Crippen molar-refractivity contribution >= 4 is 28.4 Å². The highest BCUT2D eigenvalue weighted by Gasteiger charge is 2.25. The summed E-state index contributed by atoms with van der Waals surface area (Å²) < 4.78 is 1.85. The second-order valence-corrected chi connectivity index (χ2v) is 10.3. The fraction of sp³-hybridized carbons (Fsp3) is 0.500. The van der Waals surface area contributed by atoms with E-state index >= 15 is 0 Å². The molecule has 5 heterocycles. The number of hydrogen-bond acceptors (Lipinski definition) is 6. The maximum atomic E-state index is 12.8. The molecular formula is C28H38N8O. The van der Waals surface area contributed by atoms with Crippen molar-refractivity contribution in [3.8, 4) is 11.3 Å². The minimum atomic E-state index is 0.221. The summed E-state index contributed by atoms with van der Waals surface area (Å²) in [4.78, 5) is 32.5. The first-order valence-corrected chi connectivity index (χ1v) is 13.4. The molecule has 37 heavy (non-hydrogen) atoms. The second-order valence-electron chi connectivity index (χ2n) is 10.3. The quantitative estimate of drug-likeness (QED) is 0.411. The van der Waals surface area contributed by atoms with Gasteiger partial charge in [-0.2, -0.15) is 5.10 Å². The lowest BCUT2D eigenvalue weighted by Gasteiger charge is -2.36. The fourth-order valence-electron chi connectivity index (χ4n) is 5.40. The van der Waals surface area contributed by atoms with Crippen LogP contribution >= 0.6 is 0 Å². The molecule has 0 unspecified atom stereocenters. The van der Waals surface area contributed by atoms with Crippen molar-refractivity contribution in [2.24, 2.45) is 0 Å². The minimum Gasteiger partial charge on any atom is -0.353 e. The first-order valence-electron chi connectivity index (χ1n) is 13.4. The Labute approximate surface area is 218 Å². The van der Waals surface area contributed by atoms with Gasteiger partial charge in [0.1, 0.15) is 12.1 Å². The summed E-state index contributed by atoms with van der Waals surface area (Å²) in [6.07, 6.45) is 3.67. The van der Waals surface area contributed by atoms with Crippen LogP contribution in [0.1, 0.15) is 50.3 Å². The molecule has 5 rings (SSSR count). The number of aromatic amines is 1. The third kappa shape index (κ3) is 4.56. The highest BCUT2D eigenvalue weighted by atomic mass is 16.2. The normalized spacial score (nSPS) is 14.6. The maximum Gasteiger partial charge on any atom is 0.236 e. The minimum absolute atomic E-state index is 0.221. The van der Waals surface area contributed by atoms with Gasteiger partial charge in [0.05, 0.1) is 23.3 Å². The molecule has 0 radical (unpaired) electrons. The number of aromatic nitrogens is 5. The molecule has 9 nitrogen and oxygen atoms in total. The van der Waals surface area contributed by atoms with Crippen LogP contribution < -0.4 is 4.90 Å². The van der Waals surface area contributed by atoms with E-state index < -0.39 is 0 Å². The Morgan fingerprint density at radius 1 is 1.08 bits per heavy atom. The third-order valence-electron chi connectivity index (χ3n) is 7.85. The van der Waals surface area contributed by atoms with Gasteiger partial charge in [0.25, 0.3) is 0 Å². The SMILES string of the molecule is CCN(CC)CC(=O)N1CCN(c2ccc3[nH]c(-c4cn5ncnc5c(C)c4C)c(C(C)C)c3n2)CC1. The molecule has 1 fully saturated rings. The van der Waals surface area contributed by atoms with E-state index in [2.05, 4.69) is 84.7 Å². The number of rotatable bonds is 7. The molecule has 9 heteroatoms. The zero-order chi connectivity index (χ0) is 26.3. The van der Waals surface area contributed by atoms with E-state index in [9.17, 15) is 4.79 Å². The highest BCUT2D eigenvalue weighted by Crippen LogP contribution is 2.38. The Balaban J connectivity index is 1.44. The summed E-state index contributed by atoms with van der Waals surface area (Å²) in [6, 6.07) is 4.24. The van der Waals surface area contributed by atoms with Gasteiger partial charge in [0.2, 0.25) is 5.91 Å². The van der Waals surface area contributed by atoms with E-state index in [4.69, 9.17) is 4.98 Å². The lowest BCUT2D eigenvalue weighted by atomic mass is 9.95. The molecule has 196 valence electrons. The Bertz CT molecular complexity index is 1420. The van der Waals surface area contributed by atoms with Gasteiger partial charge >= 0.3 is 0 Å². The molecule has 0 aliphatic carbocycles. The Morgan fingerprint density at radius 2 is 1.81 bits per heavy atom. The lowest BCUT2D eigenvalue weighted by Crippen LogP contribution is -2.51. The molecular weight excluding hydrogens is 464 g/mol. The number of fused-ring (bicyclic) bond motifs is 2. The molecule has 0 atom stereocenters. The van der Waals surface area contributed by atoms with Crippen molar-refractivity contribution in [2.45, 2.75) is 47.5 Å². The zero-order valence-corrected chi connectivity index (χ0v) is 22.9. The average Bonchev–Trinajstić information content (AvgIpc) is 3.53. The largest absolute Gasteiger partial charge is 0.353 e. The summed E-state index contributed by atoms with van der Waals surface area (Å²) in [5.74, 6) is 1.47. The predicted octanol–water partition coefficient (Wildman–Crippen LogP) is 4.00. The van der Waals surface area contributed by atoms with Crippen LogP contribution in [0.4, 0.5) is 5.82 Å². The van der Waals surface area contributed by atoms with Gasteiger partial charge in [-0.15, -0.1) is 0 Å². The van der Waals surface area contributed by atoms with Crippen LogP contribution in [0.25, 0.3) is 27.9 Å². The molecule has 0 bridgehead atoms. The Hall–Kier alpha value is -3.46. The van der Waals surface area contributed by atoms with Crippen LogP contribution in [0, 0.1) is 13.8 Å². The van der Waals surface area contributed by atoms with E-state index in [1.54, 1.807) is 6.33 Å². The van der Waals surface area contributed by atoms with Gasteiger partial charge in [-0.05, 0) is 56.1 Å². The van der Waals surface area contributed by atoms with E-state index in [-0.39, 0.29) is 11.8 Å². The maximum absolute atomic E-state index is 12.8. The monoisotopic (exact) mass is 502 g/mol. The number of carbonyl (C=O) groups excluding carboxylic acids is 1. The van der Waals surface area contributed by atoms with Gasteiger partial charge in [0, 0.05) is 43.5 Å². The van der Waals surface area contributed by atoms with Crippen LogP contribution in [-0.4, -0.2) is 86.1 Å². The van der Waals surface area contributed by atoms with E-state index in [0.717, 1.165) is 78.6 Å². The third-order valence-corrected chi connectivity index (χ3v) is 7.85. The highest BCUT2D eigenvalue weighted by molar-refractivity contribution is 5.90. The number of hydrogen-bond donors (Lipinski definition) is 1. The number of carbonyl (C=O) groups is 1. The predicted molar refractivity (Wildman–Crippen MR) is 148 cm³/mol. The van der Waals surface area contributed by atoms with Crippen molar-refractivity contribution in [1.82, 2.24) is 34.4 Å². The molecule has 4 aromatic rings. The lowest BCUT2D eigenvalue weighted by molar-refractivity contribution is -0.132. The van der Waals surface area contributed by atoms with Crippen LogP contribution in [-0.2, 0) is 4.79 Å². The van der Waals surface area contributed by atoms with Crippen LogP contribution in [0.3, 0.4) is 0 Å². The Kier molecular flexibility index (Phi) is 6.90. The van der Waals surface area contributed by atoms with Gasteiger partial charge in [-0.25, -0.2) is 14.5 Å². The number of pyridine rings is 2. The summed E-state index contributed by atoms with van der Waals surface area (Å²) in [7, 11) is 0. The standard InChI is InChI=1S/C28H38N8O/c1-7-33(8-2)16-24(37)35-13-11-34(12-14-35)23-10-9-22-27(32-23)25(18(3)4)26(31-22)21-15-36-28(29-17-30-36)20(6)19(21)5/h9-10,15,17-18,31H,7-8,11-14,16H2,1-6H3. The summed E-state index contributed by atoms with van der Waals surface area (Å²) in [6.45, 7) is 18.2. The molecule has 4 aromatic heterocycles. The van der Waals surface area contributed by atoms with E-state index in [1.165, 1.54) is 11.1 Å². The van der Waals surface area contributed by atoms with Crippen molar-refractivity contribution in [3.63, 3.8) is 0 Å². The van der Waals surface area contributed by atoms with E-state index in [0.29, 0.717) is 6.54 Å². The summed E-state index contributed by atoms with van der Waals surface area (Å²) in [5, 5.41) is 4.39. The van der Waals surface area contributed by atoms with Gasteiger partial charge in [-0.3, -0.25) is 9.69 Å².